The number of Topliss-reactive ketones (excluding diaryl/α,β-unsaturated/α-hetero) is 1. The van der Waals surface area contributed by atoms with Crippen molar-refractivity contribution in [2.45, 2.75) is 0 Å². The molecule has 1 aromatic rings. The summed E-state index contributed by atoms with van der Waals surface area (Å²) in [6, 6.07) is 6.40. The minimum atomic E-state index is -0.873. The number of para-hydroxylation sites is 1. The molecule has 0 saturated heterocycles. The number of carbonyl (C=O) groups excluding carboxylic acids is 2. The van der Waals surface area contributed by atoms with Crippen LogP contribution in [0.25, 0.3) is 0 Å². The van der Waals surface area contributed by atoms with Crippen LogP contribution in [0.1, 0.15) is 10.4 Å². The van der Waals surface area contributed by atoms with Gasteiger partial charge in [-0.3, -0.25) is 20.4 Å². The molecule has 0 saturated carbocycles. The van der Waals surface area contributed by atoms with Crippen molar-refractivity contribution in [1.29, 1.82) is 0 Å². The molecule has 0 heterocycles. The maximum Gasteiger partial charge on any atom is 0.310 e. The Morgan fingerprint density at radius 2 is 1.94 bits per heavy atom. The molecule has 0 aliphatic rings. The van der Waals surface area contributed by atoms with Gasteiger partial charge in [0.1, 0.15) is 5.75 Å². The van der Waals surface area contributed by atoms with Crippen LogP contribution in [-0.4, -0.2) is 23.9 Å². The van der Waals surface area contributed by atoms with Gasteiger partial charge in [0.2, 0.25) is 0 Å². The second-order valence-corrected chi connectivity index (χ2v) is 3.41. The third-order valence-corrected chi connectivity index (χ3v) is 1.96. The van der Waals surface area contributed by atoms with Crippen LogP contribution in [0.15, 0.2) is 24.3 Å². The zero-order valence-electron chi connectivity index (χ0n) is 9.02. The van der Waals surface area contributed by atoms with Gasteiger partial charge in [-0.25, -0.2) is 0 Å². The molecule has 17 heavy (non-hydrogen) atoms. The minimum Gasteiger partial charge on any atom is -0.496 e. The number of amides is 1. The fourth-order valence-electron chi connectivity index (χ4n) is 1.13. The molecule has 0 radical (unpaired) electrons. The number of hydrogen-bond acceptors (Lipinski definition) is 4. The van der Waals surface area contributed by atoms with Gasteiger partial charge >= 0.3 is 5.91 Å². The third-order valence-electron chi connectivity index (χ3n) is 1.86. The lowest BCUT2D eigenvalue weighted by atomic mass is 10.1. The minimum absolute atomic E-state index is 0.133. The van der Waals surface area contributed by atoms with Crippen LogP contribution < -0.4 is 21.3 Å². The van der Waals surface area contributed by atoms with Crippen molar-refractivity contribution in [1.82, 2.24) is 10.9 Å². The molecular formula is C10H11N3O3S. The summed E-state index contributed by atoms with van der Waals surface area (Å²) in [6.07, 6.45) is 0. The van der Waals surface area contributed by atoms with Crippen LogP contribution in [0.3, 0.4) is 0 Å². The highest BCUT2D eigenvalue weighted by Gasteiger charge is 2.19. The van der Waals surface area contributed by atoms with Crippen molar-refractivity contribution in [3.8, 4) is 5.75 Å². The van der Waals surface area contributed by atoms with Crippen LogP contribution >= 0.6 is 12.2 Å². The van der Waals surface area contributed by atoms with Gasteiger partial charge in [0.25, 0.3) is 5.78 Å². The molecule has 6 nitrogen and oxygen atoms in total. The van der Waals surface area contributed by atoms with Gasteiger partial charge in [0.05, 0.1) is 12.7 Å². The Morgan fingerprint density at radius 1 is 1.29 bits per heavy atom. The van der Waals surface area contributed by atoms with Gasteiger partial charge in [-0.1, -0.05) is 12.1 Å². The van der Waals surface area contributed by atoms with Crippen molar-refractivity contribution < 1.29 is 14.3 Å². The smallest absolute Gasteiger partial charge is 0.310 e. The highest BCUT2D eigenvalue weighted by molar-refractivity contribution is 7.80. The first-order chi connectivity index (χ1) is 8.06. The predicted molar refractivity (Wildman–Crippen MR) is 65.4 cm³/mol. The molecule has 0 aromatic heterocycles. The zero-order chi connectivity index (χ0) is 12.8. The standard InChI is InChI=1S/C10H11N3O3S/c1-16-7-5-3-2-4-6(7)8(14)9(15)12-13-10(11)17/h2-5H,1H3,(H,12,15)(H3,11,13,17). The molecule has 1 amide bonds. The second kappa shape index (κ2) is 5.80. The van der Waals surface area contributed by atoms with E-state index in [2.05, 4.69) is 23.1 Å². The summed E-state index contributed by atoms with van der Waals surface area (Å²) >= 11 is 4.48. The number of ketones is 1. The van der Waals surface area contributed by atoms with Crippen molar-refractivity contribution in [2.24, 2.45) is 5.73 Å². The summed E-state index contributed by atoms with van der Waals surface area (Å²) in [5.41, 5.74) is 9.52. The Morgan fingerprint density at radius 3 is 2.53 bits per heavy atom. The first-order valence-corrected chi connectivity index (χ1v) is 5.00. The van der Waals surface area contributed by atoms with E-state index in [1.807, 2.05) is 0 Å². The number of thiocarbonyl (C=S) groups is 1. The fraction of sp³-hybridized carbons (Fsp3) is 0.100. The van der Waals surface area contributed by atoms with E-state index in [0.29, 0.717) is 5.75 Å². The second-order valence-electron chi connectivity index (χ2n) is 2.97. The lowest BCUT2D eigenvalue weighted by Gasteiger charge is -2.08. The van der Waals surface area contributed by atoms with Gasteiger partial charge in [-0.15, -0.1) is 0 Å². The van der Waals surface area contributed by atoms with Gasteiger partial charge in [-0.05, 0) is 24.4 Å². The van der Waals surface area contributed by atoms with Crippen molar-refractivity contribution in [3.63, 3.8) is 0 Å². The molecule has 90 valence electrons. The molecule has 1 aromatic carbocycles. The summed E-state index contributed by atoms with van der Waals surface area (Å²) in [6.45, 7) is 0. The summed E-state index contributed by atoms with van der Waals surface area (Å²) in [5, 5.41) is -0.133. The number of hydrogen-bond donors (Lipinski definition) is 3. The van der Waals surface area contributed by atoms with Crippen LogP contribution in [-0.2, 0) is 4.79 Å². The Balaban J connectivity index is 2.81. The van der Waals surface area contributed by atoms with Gasteiger partial charge < -0.3 is 10.5 Å². The van der Waals surface area contributed by atoms with Crippen LogP contribution in [0.5, 0.6) is 5.75 Å². The maximum atomic E-state index is 11.7. The molecule has 0 atom stereocenters. The molecule has 7 heteroatoms. The van der Waals surface area contributed by atoms with E-state index in [4.69, 9.17) is 10.5 Å². The van der Waals surface area contributed by atoms with E-state index in [1.165, 1.54) is 13.2 Å². The highest BCUT2D eigenvalue weighted by Crippen LogP contribution is 2.17. The third kappa shape index (κ3) is 3.42. The monoisotopic (exact) mass is 253 g/mol. The van der Waals surface area contributed by atoms with Crippen molar-refractivity contribution >= 4 is 29.0 Å². The zero-order valence-corrected chi connectivity index (χ0v) is 9.84. The van der Waals surface area contributed by atoms with Crippen molar-refractivity contribution in [2.75, 3.05) is 7.11 Å². The summed E-state index contributed by atoms with van der Waals surface area (Å²) in [7, 11) is 1.41. The number of nitrogens with two attached hydrogens (primary N) is 1. The molecule has 0 fully saturated rings. The Labute approximate surface area is 103 Å². The first kappa shape index (κ1) is 12.9. The molecule has 1 rings (SSSR count). The topological polar surface area (TPSA) is 93.5 Å². The first-order valence-electron chi connectivity index (χ1n) is 4.59. The number of hydrazine groups is 1. The largest absolute Gasteiger partial charge is 0.496 e. The molecule has 0 bridgehead atoms. The Hall–Kier alpha value is -2.15. The highest BCUT2D eigenvalue weighted by atomic mass is 32.1. The molecular weight excluding hydrogens is 242 g/mol. The number of rotatable bonds is 3. The summed E-state index contributed by atoms with van der Waals surface area (Å²) in [5.74, 6) is -1.29. The molecule has 4 N–H and O–H groups in total. The Kier molecular flexibility index (Phi) is 4.41. The van der Waals surface area contributed by atoms with E-state index in [1.54, 1.807) is 18.2 Å². The predicted octanol–water partition coefficient (Wildman–Crippen LogP) is -0.258. The average molecular weight is 253 g/mol. The Bertz CT molecular complexity index is 462. The van der Waals surface area contributed by atoms with Crippen LogP contribution in [0.4, 0.5) is 0 Å². The van der Waals surface area contributed by atoms with E-state index in [-0.39, 0.29) is 10.7 Å². The molecule has 0 unspecified atom stereocenters. The SMILES string of the molecule is COc1ccccc1C(=O)C(=O)NNC(N)=S. The van der Waals surface area contributed by atoms with E-state index < -0.39 is 11.7 Å². The summed E-state index contributed by atoms with van der Waals surface area (Å²) in [4.78, 5) is 23.1. The average Bonchev–Trinajstić information content (AvgIpc) is 2.34. The molecule has 0 aliphatic carbocycles. The number of benzene rings is 1. The number of nitrogens with one attached hydrogen (secondary N) is 2. The van der Waals surface area contributed by atoms with E-state index in [9.17, 15) is 9.59 Å². The van der Waals surface area contributed by atoms with Crippen molar-refractivity contribution in [3.05, 3.63) is 29.8 Å². The number of methoxy groups -OCH3 is 1. The fourth-order valence-corrected chi connectivity index (χ4v) is 1.18. The lowest BCUT2D eigenvalue weighted by molar-refractivity contribution is -0.117. The van der Waals surface area contributed by atoms with Gasteiger partial charge in [-0.2, -0.15) is 0 Å². The van der Waals surface area contributed by atoms with E-state index >= 15 is 0 Å². The quantitative estimate of drug-likeness (QED) is 0.297. The maximum absolute atomic E-state index is 11.7. The van der Waals surface area contributed by atoms with Gasteiger partial charge in [0, 0.05) is 0 Å². The van der Waals surface area contributed by atoms with Crippen LogP contribution in [0, 0.1) is 0 Å². The van der Waals surface area contributed by atoms with Crippen LogP contribution in [0.2, 0.25) is 0 Å². The number of ether oxygens (including phenoxy) is 1. The molecule has 0 aliphatic heterocycles. The van der Waals surface area contributed by atoms with E-state index in [0.717, 1.165) is 0 Å². The normalized spacial score (nSPS) is 9.24. The van der Waals surface area contributed by atoms with Gasteiger partial charge in [0.15, 0.2) is 5.11 Å². The lowest BCUT2D eigenvalue weighted by Crippen LogP contribution is -2.47. The number of carbonyl (C=O) groups is 2. The summed E-state index contributed by atoms with van der Waals surface area (Å²) < 4.78 is 4.97. The molecule has 0 spiro atoms.